The summed E-state index contributed by atoms with van der Waals surface area (Å²) in [5.41, 5.74) is 0.421. The molecule has 170 valence electrons. The van der Waals surface area contributed by atoms with Gasteiger partial charge in [-0.2, -0.15) is 0 Å². The van der Waals surface area contributed by atoms with Gasteiger partial charge in [-0.15, -0.1) is 0 Å². The highest BCUT2D eigenvalue weighted by atomic mass is 127. The summed E-state index contributed by atoms with van der Waals surface area (Å²) in [7, 11) is 0. The molecule has 0 aromatic heterocycles. The normalized spacial score (nSPS) is 20.5. The maximum absolute atomic E-state index is 14.6. The van der Waals surface area contributed by atoms with Crippen molar-refractivity contribution in [3.05, 3.63) is 68.7 Å². The summed E-state index contributed by atoms with van der Waals surface area (Å²) in [4.78, 5) is 14.3. The zero-order chi connectivity index (χ0) is 22.8. The predicted molar refractivity (Wildman–Crippen MR) is 124 cm³/mol. The summed E-state index contributed by atoms with van der Waals surface area (Å²) in [5.74, 6) is -3.53. The van der Waals surface area contributed by atoms with Crippen LogP contribution in [-0.4, -0.2) is 41.1 Å². The van der Waals surface area contributed by atoms with Gasteiger partial charge < -0.3 is 20.6 Å². The van der Waals surface area contributed by atoms with Crippen LogP contribution in [-0.2, 0) is 0 Å². The van der Waals surface area contributed by atoms with Crippen LogP contribution in [0.15, 0.2) is 42.1 Å². The minimum absolute atomic E-state index is 0.0419. The van der Waals surface area contributed by atoms with Gasteiger partial charge in [0.1, 0.15) is 5.82 Å². The van der Waals surface area contributed by atoms with Crippen LogP contribution in [0, 0.1) is 21.0 Å². The summed E-state index contributed by atoms with van der Waals surface area (Å²) >= 11 is 1.94. The fourth-order valence-corrected chi connectivity index (χ4v) is 4.44. The lowest BCUT2D eigenvalue weighted by molar-refractivity contribution is 0.0797. The zero-order valence-electron chi connectivity index (χ0n) is 17.2. The zero-order valence-corrected chi connectivity index (χ0v) is 19.3. The summed E-state index contributed by atoms with van der Waals surface area (Å²) in [6, 6.07) is 6.39. The van der Waals surface area contributed by atoms with Crippen LogP contribution < -0.4 is 10.6 Å². The van der Waals surface area contributed by atoms with Crippen molar-refractivity contribution in [2.45, 2.75) is 37.8 Å². The molecule has 1 heterocycles. The third kappa shape index (κ3) is 4.94. The lowest BCUT2D eigenvalue weighted by atomic mass is 9.92. The Kier molecular flexibility index (Phi) is 7.06. The van der Waals surface area contributed by atoms with E-state index in [4.69, 9.17) is 0 Å². The lowest BCUT2D eigenvalue weighted by Gasteiger charge is -2.33. The van der Waals surface area contributed by atoms with Crippen LogP contribution in [0.1, 0.15) is 36.0 Å². The summed E-state index contributed by atoms with van der Waals surface area (Å²) in [6.45, 7) is 0.882. The first-order valence-electron chi connectivity index (χ1n) is 10.5. The third-order valence-corrected chi connectivity index (χ3v) is 6.48. The molecule has 0 saturated heterocycles. The number of amides is 1. The van der Waals surface area contributed by atoms with E-state index in [1.165, 1.54) is 23.1 Å². The van der Waals surface area contributed by atoms with E-state index in [-0.39, 0.29) is 23.4 Å². The Morgan fingerprint density at radius 3 is 2.59 bits per heavy atom. The van der Waals surface area contributed by atoms with E-state index in [1.807, 2.05) is 22.6 Å². The largest absolute Gasteiger partial charge is 0.392 e. The van der Waals surface area contributed by atoms with Crippen molar-refractivity contribution in [2.75, 3.05) is 18.4 Å². The van der Waals surface area contributed by atoms with Crippen molar-refractivity contribution in [3.8, 4) is 0 Å². The molecule has 4 rings (SSSR count). The van der Waals surface area contributed by atoms with E-state index in [0.717, 1.165) is 37.3 Å². The van der Waals surface area contributed by atoms with Crippen LogP contribution in [0.2, 0.25) is 0 Å². The van der Waals surface area contributed by atoms with Crippen LogP contribution in [0.5, 0.6) is 0 Å². The molecule has 1 aliphatic heterocycles. The molecule has 2 aromatic carbocycles. The van der Waals surface area contributed by atoms with E-state index in [1.54, 1.807) is 12.3 Å². The fraction of sp³-hybridized carbons (Fsp3) is 0.348. The van der Waals surface area contributed by atoms with Crippen molar-refractivity contribution < 1.29 is 23.1 Å². The average molecular weight is 557 g/mol. The molecular weight excluding hydrogens is 534 g/mol. The Labute approximate surface area is 197 Å². The van der Waals surface area contributed by atoms with Gasteiger partial charge in [-0.3, -0.25) is 4.79 Å². The van der Waals surface area contributed by atoms with Gasteiger partial charge in [-0.1, -0.05) is 12.8 Å². The first-order valence-corrected chi connectivity index (χ1v) is 11.5. The molecule has 32 heavy (non-hydrogen) atoms. The SMILES string of the molecule is O=C(c1ccc(F)c(F)c1Nc1ccc(I)cc1F)N1C=C(CN[C@H]2CCCC[C@@H]2O)C1. The third-order valence-electron chi connectivity index (χ3n) is 5.81. The molecule has 5 nitrogen and oxygen atoms in total. The van der Waals surface area contributed by atoms with Crippen LogP contribution in [0.3, 0.4) is 0 Å². The van der Waals surface area contributed by atoms with Crippen LogP contribution in [0.25, 0.3) is 0 Å². The molecule has 1 amide bonds. The van der Waals surface area contributed by atoms with Crippen molar-refractivity contribution in [3.63, 3.8) is 0 Å². The molecule has 1 aliphatic carbocycles. The molecule has 2 atom stereocenters. The molecule has 0 radical (unpaired) electrons. The Bertz CT molecular complexity index is 1060. The second-order valence-electron chi connectivity index (χ2n) is 8.09. The first-order chi connectivity index (χ1) is 15.3. The Morgan fingerprint density at radius 1 is 1.12 bits per heavy atom. The Morgan fingerprint density at radius 2 is 1.88 bits per heavy atom. The summed E-state index contributed by atoms with van der Waals surface area (Å²) in [5, 5.41) is 15.9. The van der Waals surface area contributed by atoms with Crippen molar-refractivity contribution in [1.29, 1.82) is 0 Å². The monoisotopic (exact) mass is 557 g/mol. The van der Waals surface area contributed by atoms with Crippen molar-refractivity contribution >= 4 is 39.9 Å². The quantitative estimate of drug-likeness (QED) is 0.452. The van der Waals surface area contributed by atoms with Crippen molar-refractivity contribution in [2.24, 2.45) is 0 Å². The lowest BCUT2D eigenvalue weighted by Crippen LogP contribution is -2.46. The van der Waals surface area contributed by atoms with Gasteiger partial charge in [-0.05, 0) is 71.3 Å². The highest BCUT2D eigenvalue weighted by molar-refractivity contribution is 14.1. The molecule has 1 saturated carbocycles. The molecular formula is C23H23F3IN3O2. The Hall–Kier alpha value is -2.11. The van der Waals surface area contributed by atoms with Gasteiger partial charge in [-0.25, -0.2) is 13.2 Å². The number of rotatable bonds is 6. The summed E-state index contributed by atoms with van der Waals surface area (Å²) < 4.78 is 43.3. The standard InChI is InChI=1S/C23H23F3IN3O2/c24-16-7-6-15(22(21(16)26)29-18-8-5-14(27)9-17(18)25)23(32)30-11-13(12-30)10-28-19-3-1-2-4-20(19)31/h5-9,11,19-20,28-29,31H,1-4,10,12H2/t19-,20-/m0/s1. The van der Waals surface area contributed by atoms with Crippen molar-refractivity contribution in [1.82, 2.24) is 10.2 Å². The van der Waals surface area contributed by atoms with E-state index in [2.05, 4.69) is 10.6 Å². The maximum atomic E-state index is 14.6. The molecule has 3 N–H and O–H groups in total. The maximum Gasteiger partial charge on any atom is 0.260 e. The highest BCUT2D eigenvalue weighted by Crippen LogP contribution is 2.30. The number of anilines is 2. The van der Waals surface area contributed by atoms with Crippen LogP contribution >= 0.6 is 22.6 Å². The fourth-order valence-electron chi connectivity index (χ4n) is 3.99. The van der Waals surface area contributed by atoms with E-state index in [0.29, 0.717) is 16.7 Å². The van der Waals surface area contributed by atoms with Gasteiger partial charge in [0.15, 0.2) is 11.6 Å². The number of aliphatic hydroxyl groups excluding tert-OH is 1. The van der Waals surface area contributed by atoms with Gasteiger partial charge in [0.05, 0.1) is 23.0 Å². The number of aliphatic hydroxyl groups is 1. The number of hydrogen-bond acceptors (Lipinski definition) is 4. The van der Waals surface area contributed by atoms with Gasteiger partial charge in [0.25, 0.3) is 5.91 Å². The number of carbonyl (C=O) groups is 1. The second kappa shape index (κ2) is 9.80. The predicted octanol–water partition coefficient (Wildman–Crippen LogP) is 4.68. The number of nitrogens with zero attached hydrogens (tertiary/aromatic N) is 1. The topological polar surface area (TPSA) is 64.6 Å². The van der Waals surface area contributed by atoms with Gasteiger partial charge in [0.2, 0.25) is 0 Å². The number of hydrogen-bond donors (Lipinski definition) is 3. The molecule has 0 unspecified atom stereocenters. The molecule has 2 aromatic rings. The molecule has 0 spiro atoms. The summed E-state index contributed by atoms with van der Waals surface area (Å²) in [6.07, 6.45) is 5.09. The second-order valence-corrected chi connectivity index (χ2v) is 9.34. The minimum Gasteiger partial charge on any atom is -0.392 e. The smallest absolute Gasteiger partial charge is 0.260 e. The number of nitrogens with one attached hydrogen (secondary N) is 2. The van der Waals surface area contributed by atoms with Crippen LogP contribution in [0.4, 0.5) is 24.5 Å². The Balaban J connectivity index is 1.47. The van der Waals surface area contributed by atoms with Gasteiger partial charge >= 0.3 is 0 Å². The first kappa shape index (κ1) is 23.1. The van der Waals surface area contributed by atoms with E-state index >= 15 is 0 Å². The number of carbonyl (C=O) groups excluding carboxylic acids is 1. The van der Waals surface area contributed by atoms with E-state index in [9.17, 15) is 23.1 Å². The minimum atomic E-state index is -1.24. The molecule has 0 bridgehead atoms. The molecule has 2 aliphatic rings. The average Bonchev–Trinajstić information content (AvgIpc) is 2.73. The highest BCUT2D eigenvalue weighted by Gasteiger charge is 2.29. The molecule has 1 fully saturated rings. The van der Waals surface area contributed by atoms with E-state index < -0.39 is 29.0 Å². The number of halogens is 4. The van der Waals surface area contributed by atoms with Gasteiger partial charge in [0, 0.05) is 28.9 Å². The molecule has 9 heteroatoms. The number of benzene rings is 2.